The van der Waals surface area contributed by atoms with E-state index in [0.717, 1.165) is 0 Å². The Kier molecular flexibility index (Phi) is 7.37. The van der Waals surface area contributed by atoms with E-state index in [9.17, 15) is 14.4 Å². The minimum Gasteiger partial charge on any atom is -0.452 e. The molecule has 2 amide bonds. The van der Waals surface area contributed by atoms with Gasteiger partial charge < -0.3 is 15.0 Å². The molecular weight excluding hydrogens is 368 g/mol. The molecular formula is C20H21ClN2O4. The lowest BCUT2D eigenvalue weighted by atomic mass is 10.2. The number of carbonyl (C=O) groups excluding carboxylic acids is 3. The number of carbonyl (C=O) groups is 3. The molecule has 2 aromatic rings. The summed E-state index contributed by atoms with van der Waals surface area (Å²) in [5.41, 5.74) is 1.15. The van der Waals surface area contributed by atoms with Crippen molar-refractivity contribution in [3.05, 3.63) is 65.2 Å². The standard InChI is InChI=1S/C20H21ClN2O4/c1-14(20(26)23(2)17-6-4-3-5-7-17)27-18(24)12-13-22-19(25)15-8-10-16(21)11-9-15/h3-11,14H,12-13H2,1-2H3,(H,22,25)/t14-/m0/s1. The average Bonchev–Trinajstić information content (AvgIpc) is 2.67. The van der Waals surface area contributed by atoms with Gasteiger partial charge in [-0.05, 0) is 43.3 Å². The molecule has 0 aromatic heterocycles. The van der Waals surface area contributed by atoms with Crippen LogP contribution < -0.4 is 10.2 Å². The Hall–Kier alpha value is -2.86. The van der Waals surface area contributed by atoms with Crippen LogP contribution in [-0.2, 0) is 14.3 Å². The van der Waals surface area contributed by atoms with Crippen LogP contribution in [0.15, 0.2) is 54.6 Å². The quantitative estimate of drug-likeness (QED) is 0.739. The zero-order chi connectivity index (χ0) is 19.8. The summed E-state index contributed by atoms with van der Waals surface area (Å²) in [5.74, 6) is -1.21. The van der Waals surface area contributed by atoms with Gasteiger partial charge in [-0.1, -0.05) is 29.8 Å². The van der Waals surface area contributed by atoms with Crippen molar-refractivity contribution in [2.24, 2.45) is 0 Å². The smallest absolute Gasteiger partial charge is 0.308 e. The van der Waals surface area contributed by atoms with Gasteiger partial charge in [-0.2, -0.15) is 0 Å². The lowest BCUT2D eigenvalue weighted by Crippen LogP contribution is -2.38. The minimum atomic E-state index is -0.922. The van der Waals surface area contributed by atoms with Gasteiger partial charge in [-0.15, -0.1) is 0 Å². The molecule has 0 saturated heterocycles. The van der Waals surface area contributed by atoms with Gasteiger partial charge in [0.1, 0.15) is 0 Å². The van der Waals surface area contributed by atoms with E-state index in [4.69, 9.17) is 16.3 Å². The average molecular weight is 389 g/mol. The van der Waals surface area contributed by atoms with Crippen molar-refractivity contribution in [3.63, 3.8) is 0 Å². The predicted octanol–water partition coefficient (Wildman–Crippen LogP) is 3.05. The Bertz CT molecular complexity index is 793. The van der Waals surface area contributed by atoms with E-state index in [1.807, 2.05) is 18.2 Å². The maximum absolute atomic E-state index is 12.3. The number of hydrogen-bond donors (Lipinski definition) is 1. The fourth-order valence-corrected chi connectivity index (χ4v) is 2.47. The molecule has 0 heterocycles. The summed E-state index contributed by atoms with van der Waals surface area (Å²) in [5, 5.41) is 3.16. The number of ether oxygens (including phenoxy) is 1. The van der Waals surface area contributed by atoms with Crippen LogP contribution in [0.4, 0.5) is 5.69 Å². The monoisotopic (exact) mass is 388 g/mol. The second-order valence-corrected chi connectivity index (χ2v) is 6.31. The van der Waals surface area contributed by atoms with E-state index >= 15 is 0 Å². The summed E-state index contributed by atoms with van der Waals surface area (Å²) in [7, 11) is 1.62. The number of para-hydroxylation sites is 1. The highest BCUT2D eigenvalue weighted by molar-refractivity contribution is 6.30. The summed E-state index contributed by atoms with van der Waals surface area (Å²) in [4.78, 5) is 37.6. The lowest BCUT2D eigenvalue weighted by molar-refractivity contribution is -0.153. The number of rotatable bonds is 7. The van der Waals surface area contributed by atoms with Gasteiger partial charge in [0.15, 0.2) is 6.10 Å². The Morgan fingerprint density at radius 1 is 1.07 bits per heavy atom. The van der Waals surface area contributed by atoms with Crippen molar-refractivity contribution >= 4 is 35.1 Å². The van der Waals surface area contributed by atoms with Gasteiger partial charge in [-0.25, -0.2) is 0 Å². The van der Waals surface area contributed by atoms with Crippen LogP contribution in [0.1, 0.15) is 23.7 Å². The molecule has 0 aliphatic heterocycles. The number of nitrogens with zero attached hydrogens (tertiary/aromatic N) is 1. The van der Waals surface area contributed by atoms with E-state index in [1.165, 1.54) is 11.8 Å². The molecule has 0 bridgehead atoms. The Labute approximate surface area is 163 Å². The number of hydrogen-bond acceptors (Lipinski definition) is 4. The van der Waals surface area contributed by atoms with Gasteiger partial charge in [0, 0.05) is 29.9 Å². The number of anilines is 1. The first kappa shape index (κ1) is 20.5. The first-order chi connectivity index (χ1) is 12.9. The van der Waals surface area contributed by atoms with Crippen LogP contribution in [-0.4, -0.2) is 37.5 Å². The van der Waals surface area contributed by atoms with E-state index in [1.54, 1.807) is 43.4 Å². The molecule has 0 radical (unpaired) electrons. The highest BCUT2D eigenvalue weighted by Crippen LogP contribution is 2.13. The van der Waals surface area contributed by atoms with Crippen molar-refractivity contribution in [1.29, 1.82) is 0 Å². The number of amides is 2. The molecule has 1 atom stereocenters. The van der Waals surface area contributed by atoms with E-state index in [0.29, 0.717) is 16.3 Å². The molecule has 2 aromatic carbocycles. The third kappa shape index (κ3) is 6.11. The maximum atomic E-state index is 12.3. The van der Waals surface area contributed by atoms with Crippen molar-refractivity contribution in [3.8, 4) is 0 Å². The maximum Gasteiger partial charge on any atom is 0.308 e. The van der Waals surface area contributed by atoms with Crippen LogP contribution >= 0.6 is 11.6 Å². The second-order valence-electron chi connectivity index (χ2n) is 5.88. The van der Waals surface area contributed by atoms with Crippen molar-refractivity contribution in [2.75, 3.05) is 18.5 Å². The van der Waals surface area contributed by atoms with Crippen LogP contribution in [0.25, 0.3) is 0 Å². The SMILES string of the molecule is C[C@H](OC(=O)CCNC(=O)c1ccc(Cl)cc1)C(=O)N(C)c1ccccc1. The Morgan fingerprint density at radius 2 is 1.70 bits per heavy atom. The van der Waals surface area contributed by atoms with Gasteiger partial charge in [0.25, 0.3) is 11.8 Å². The van der Waals surface area contributed by atoms with Crippen LogP contribution in [0.5, 0.6) is 0 Å². The molecule has 2 rings (SSSR count). The molecule has 1 N–H and O–H groups in total. The van der Waals surface area contributed by atoms with Crippen molar-refractivity contribution in [2.45, 2.75) is 19.4 Å². The normalized spacial score (nSPS) is 11.4. The minimum absolute atomic E-state index is 0.0357. The highest BCUT2D eigenvalue weighted by Gasteiger charge is 2.22. The summed E-state index contributed by atoms with van der Waals surface area (Å²) in [6, 6.07) is 15.5. The van der Waals surface area contributed by atoms with Gasteiger partial charge in [0.2, 0.25) is 0 Å². The molecule has 0 fully saturated rings. The Balaban J connectivity index is 1.77. The van der Waals surface area contributed by atoms with Gasteiger partial charge in [0.05, 0.1) is 6.42 Å². The number of esters is 1. The summed E-state index contributed by atoms with van der Waals surface area (Å²) in [6.45, 7) is 1.63. The first-order valence-corrected chi connectivity index (χ1v) is 8.82. The fraction of sp³-hybridized carbons (Fsp3) is 0.250. The highest BCUT2D eigenvalue weighted by atomic mass is 35.5. The van der Waals surface area contributed by atoms with E-state index < -0.39 is 12.1 Å². The molecule has 142 valence electrons. The summed E-state index contributed by atoms with van der Waals surface area (Å²) in [6.07, 6.45) is -0.957. The number of likely N-dealkylation sites (N-methyl/N-ethyl adjacent to an activating group) is 1. The molecule has 6 nitrogen and oxygen atoms in total. The fourth-order valence-electron chi connectivity index (χ4n) is 2.34. The van der Waals surface area contributed by atoms with Crippen molar-refractivity contribution < 1.29 is 19.1 Å². The lowest BCUT2D eigenvalue weighted by Gasteiger charge is -2.21. The van der Waals surface area contributed by atoms with Crippen LogP contribution in [0, 0.1) is 0 Å². The zero-order valence-corrected chi connectivity index (χ0v) is 15.9. The first-order valence-electron chi connectivity index (χ1n) is 8.44. The molecule has 0 spiro atoms. The summed E-state index contributed by atoms with van der Waals surface area (Å²) < 4.78 is 5.16. The molecule has 0 aliphatic carbocycles. The number of nitrogens with one attached hydrogen (secondary N) is 1. The van der Waals surface area contributed by atoms with Gasteiger partial charge >= 0.3 is 5.97 Å². The Morgan fingerprint density at radius 3 is 2.33 bits per heavy atom. The third-order valence-corrected chi connectivity index (χ3v) is 4.10. The number of benzene rings is 2. The van der Waals surface area contributed by atoms with Crippen LogP contribution in [0.3, 0.4) is 0 Å². The zero-order valence-electron chi connectivity index (χ0n) is 15.1. The topological polar surface area (TPSA) is 75.7 Å². The van der Waals surface area contributed by atoms with Crippen LogP contribution in [0.2, 0.25) is 5.02 Å². The van der Waals surface area contributed by atoms with E-state index in [2.05, 4.69) is 5.32 Å². The van der Waals surface area contributed by atoms with Gasteiger partial charge in [-0.3, -0.25) is 14.4 Å². The summed E-state index contributed by atoms with van der Waals surface area (Å²) >= 11 is 5.77. The molecule has 27 heavy (non-hydrogen) atoms. The molecule has 7 heteroatoms. The molecule has 0 unspecified atom stereocenters. The second kappa shape index (κ2) is 9.73. The molecule has 0 saturated carbocycles. The van der Waals surface area contributed by atoms with Crippen molar-refractivity contribution in [1.82, 2.24) is 5.32 Å². The predicted molar refractivity (Wildman–Crippen MR) is 104 cm³/mol. The van der Waals surface area contributed by atoms with E-state index in [-0.39, 0.29) is 24.8 Å². The third-order valence-electron chi connectivity index (χ3n) is 3.85. The molecule has 0 aliphatic rings. The largest absolute Gasteiger partial charge is 0.452 e. The number of halogens is 1.